The number of fused-ring (bicyclic) bond motifs is 1. The van der Waals surface area contributed by atoms with Crippen LogP contribution in [0.4, 0.5) is 5.69 Å². The van der Waals surface area contributed by atoms with E-state index in [4.69, 9.17) is 11.6 Å². The van der Waals surface area contributed by atoms with E-state index in [1.807, 2.05) is 60.7 Å². The van der Waals surface area contributed by atoms with Crippen LogP contribution in [-0.4, -0.2) is 16.8 Å². The van der Waals surface area contributed by atoms with Crippen LogP contribution in [-0.2, 0) is 16.9 Å². The molecule has 0 radical (unpaired) electrons. The Kier molecular flexibility index (Phi) is 5.78. The third-order valence-electron chi connectivity index (χ3n) is 6.22. The lowest BCUT2D eigenvalue weighted by Gasteiger charge is -2.23. The highest BCUT2D eigenvalue weighted by Crippen LogP contribution is 2.43. The van der Waals surface area contributed by atoms with Gasteiger partial charge in [0.2, 0.25) is 0 Å². The SMILES string of the molecule is O=C(C[C@]1(O)C(=O)N(Cc2ccc(Cl)cc2)c2ccccc21)c1ccc(-c2ccccc2)cc1. The zero-order chi connectivity index (χ0) is 23.7. The van der Waals surface area contributed by atoms with Gasteiger partial charge in [-0.15, -0.1) is 0 Å². The molecule has 0 spiro atoms. The van der Waals surface area contributed by atoms with E-state index >= 15 is 0 Å². The Hall–Kier alpha value is -3.73. The largest absolute Gasteiger partial charge is 0.375 e. The Bertz CT molecular complexity index is 1350. The fraction of sp³-hybridized carbons (Fsp3) is 0.103. The molecule has 34 heavy (non-hydrogen) atoms. The predicted molar refractivity (Wildman–Crippen MR) is 134 cm³/mol. The predicted octanol–water partition coefficient (Wildman–Crippen LogP) is 6.01. The summed E-state index contributed by atoms with van der Waals surface area (Å²) in [6.07, 6.45) is -0.329. The summed E-state index contributed by atoms with van der Waals surface area (Å²) in [6, 6.07) is 31.4. The third-order valence-corrected chi connectivity index (χ3v) is 6.48. The number of rotatable bonds is 6. The minimum atomic E-state index is -1.92. The van der Waals surface area contributed by atoms with E-state index in [-0.39, 0.29) is 18.7 Å². The number of nitrogens with zero attached hydrogens (tertiary/aromatic N) is 1. The maximum atomic E-state index is 13.5. The molecule has 0 saturated heterocycles. The molecule has 1 amide bonds. The smallest absolute Gasteiger partial charge is 0.264 e. The molecule has 5 rings (SSSR count). The number of carbonyl (C=O) groups is 2. The Morgan fingerprint density at radius 1 is 0.794 bits per heavy atom. The van der Waals surface area contributed by atoms with E-state index in [0.29, 0.717) is 21.8 Å². The molecule has 0 aromatic heterocycles. The number of benzene rings is 4. The highest BCUT2D eigenvalue weighted by molar-refractivity contribution is 6.30. The van der Waals surface area contributed by atoms with Crippen molar-refractivity contribution < 1.29 is 14.7 Å². The quantitative estimate of drug-likeness (QED) is 0.353. The molecule has 5 heteroatoms. The van der Waals surface area contributed by atoms with Crippen LogP contribution in [0.2, 0.25) is 5.02 Å². The van der Waals surface area contributed by atoms with Crippen molar-refractivity contribution in [3.63, 3.8) is 0 Å². The van der Waals surface area contributed by atoms with Gasteiger partial charge in [-0.25, -0.2) is 0 Å². The zero-order valence-electron chi connectivity index (χ0n) is 18.3. The average molecular weight is 468 g/mol. The van der Waals surface area contributed by atoms with Gasteiger partial charge in [-0.1, -0.05) is 96.5 Å². The number of Topliss-reactive ketones (excluding diaryl/α,β-unsaturated/α-hetero) is 1. The summed E-state index contributed by atoms with van der Waals surface area (Å²) in [5, 5.41) is 12.1. The molecule has 168 valence electrons. The monoisotopic (exact) mass is 467 g/mol. The first-order chi connectivity index (χ1) is 16.5. The highest BCUT2D eigenvalue weighted by atomic mass is 35.5. The van der Waals surface area contributed by atoms with E-state index in [1.165, 1.54) is 4.90 Å². The van der Waals surface area contributed by atoms with Crippen molar-refractivity contribution in [2.75, 3.05) is 4.90 Å². The number of halogens is 1. The zero-order valence-corrected chi connectivity index (χ0v) is 19.1. The van der Waals surface area contributed by atoms with Gasteiger partial charge < -0.3 is 10.0 Å². The third kappa shape index (κ3) is 4.03. The standard InChI is InChI=1S/C29H22ClNO3/c30-24-16-10-20(11-17-24)19-31-26-9-5-4-8-25(26)29(34,28(31)33)18-27(32)23-14-12-22(13-15-23)21-6-2-1-3-7-21/h1-17,34H,18-19H2/t29-/m1/s1. The Labute approximate surface area is 203 Å². The van der Waals surface area contributed by atoms with Crippen LogP contribution in [0.15, 0.2) is 103 Å². The minimum Gasteiger partial charge on any atom is -0.375 e. The Morgan fingerprint density at radius 2 is 1.41 bits per heavy atom. The van der Waals surface area contributed by atoms with Crippen molar-refractivity contribution in [3.05, 3.63) is 125 Å². The number of amides is 1. The molecule has 0 bridgehead atoms. The van der Waals surface area contributed by atoms with Gasteiger partial charge in [0.05, 0.1) is 18.7 Å². The molecule has 4 aromatic rings. The number of hydrogen-bond acceptors (Lipinski definition) is 3. The molecule has 1 N–H and O–H groups in total. The molecule has 1 aliphatic rings. The fourth-order valence-corrected chi connectivity index (χ4v) is 4.55. The minimum absolute atomic E-state index is 0.273. The lowest BCUT2D eigenvalue weighted by atomic mass is 9.88. The van der Waals surface area contributed by atoms with Crippen LogP contribution in [0.25, 0.3) is 11.1 Å². The van der Waals surface area contributed by atoms with Gasteiger partial charge in [0.1, 0.15) is 0 Å². The maximum Gasteiger partial charge on any atom is 0.264 e. The molecule has 0 unspecified atom stereocenters. The number of carbonyl (C=O) groups excluding carboxylic acids is 2. The number of ketones is 1. The molecule has 4 aromatic carbocycles. The molecular formula is C29H22ClNO3. The van der Waals surface area contributed by atoms with Crippen LogP contribution in [0.3, 0.4) is 0 Å². The van der Waals surface area contributed by atoms with Gasteiger partial charge in [0, 0.05) is 16.1 Å². The second-order valence-corrected chi connectivity index (χ2v) is 8.87. The van der Waals surface area contributed by atoms with Gasteiger partial charge in [-0.05, 0) is 34.9 Å². The summed E-state index contributed by atoms with van der Waals surface area (Å²) in [4.78, 5) is 28.2. The normalized spacial score (nSPS) is 17.0. The fourth-order valence-electron chi connectivity index (χ4n) is 4.42. The van der Waals surface area contributed by atoms with Gasteiger partial charge in [-0.3, -0.25) is 9.59 Å². The van der Waals surface area contributed by atoms with Crippen molar-refractivity contribution >= 4 is 29.0 Å². The van der Waals surface area contributed by atoms with Crippen molar-refractivity contribution in [2.24, 2.45) is 0 Å². The van der Waals surface area contributed by atoms with Crippen LogP contribution < -0.4 is 4.90 Å². The molecule has 1 atom stereocenters. The van der Waals surface area contributed by atoms with Crippen molar-refractivity contribution in [3.8, 4) is 11.1 Å². The van der Waals surface area contributed by atoms with Crippen molar-refractivity contribution in [2.45, 2.75) is 18.6 Å². The molecule has 4 nitrogen and oxygen atoms in total. The summed E-state index contributed by atoms with van der Waals surface area (Å²) in [5.74, 6) is -0.795. The van der Waals surface area contributed by atoms with E-state index in [0.717, 1.165) is 16.7 Å². The lowest BCUT2D eigenvalue weighted by molar-refractivity contribution is -0.136. The number of hydrogen-bond donors (Lipinski definition) is 1. The summed E-state index contributed by atoms with van der Waals surface area (Å²) in [5.41, 5.74) is 2.51. The van der Waals surface area contributed by atoms with E-state index in [1.54, 1.807) is 42.5 Å². The number of anilines is 1. The average Bonchev–Trinajstić information content (AvgIpc) is 3.08. The molecule has 1 heterocycles. The second-order valence-electron chi connectivity index (χ2n) is 8.44. The van der Waals surface area contributed by atoms with Crippen LogP contribution in [0.1, 0.15) is 27.9 Å². The van der Waals surface area contributed by atoms with Gasteiger partial charge in [-0.2, -0.15) is 0 Å². The first kappa shape index (κ1) is 22.1. The van der Waals surface area contributed by atoms with Crippen molar-refractivity contribution in [1.82, 2.24) is 0 Å². The molecular weight excluding hydrogens is 446 g/mol. The Balaban J connectivity index is 1.41. The van der Waals surface area contributed by atoms with Gasteiger partial charge in [0.15, 0.2) is 11.4 Å². The second kappa shape index (κ2) is 8.90. The summed E-state index contributed by atoms with van der Waals surface area (Å²) in [6.45, 7) is 0.273. The molecule has 0 saturated carbocycles. The molecule has 0 aliphatic carbocycles. The summed E-state index contributed by atoms with van der Waals surface area (Å²) in [7, 11) is 0. The Morgan fingerprint density at radius 3 is 2.12 bits per heavy atom. The summed E-state index contributed by atoms with van der Waals surface area (Å²) < 4.78 is 0. The first-order valence-electron chi connectivity index (χ1n) is 11.0. The lowest BCUT2D eigenvalue weighted by Crippen LogP contribution is -2.41. The van der Waals surface area contributed by atoms with E-state index in [9.17, 15) is 14.7 Å². The topological polar surface area (TPSA) is 57.6 Å². The van der Waals surface area contributed by atoms with E-state index in [2.05, 4.69) is 0 Å². The number of para-hydroxylation sites is 1. The first-order valence-corrected chi connectivity index (χ1v) is 11.4. The summed E-state index contributed by atoms with van der Waals surface area (Å²) >= 11 is 5.99. The van der Waals surface area contributed by atoms with Crippen LogP contribution >= 0.6 is 11.6 Å². The molecule has 0 fully saturated rings. The maximum absolute atomic E-state index is 13.5. The van der Waals surface area contributed by atoms with E-state index < -0.39 is 11.5 Å². The van der Waals surface area contributed by atoms with Gasteiger partial charge in [0.25, 0.3) is 5.91 Å². The molecule has 1 aliphatic heterocycles. The van der Waals surface area contributed by atoms with Crippen LogP contribution in [0, 0.1) is 0 Å². The van der Waals surface area contributed by atoms with Crippen LogP contribution in [0.5, 0.6) is 0 Å². The van der Waals surface area contributed by atoms with Crippen molar-refractivity contribution in [1.29, 1.82) is 0 Å². The van der Waals surface area contributed by atoms with Gasteiger partial charge >= 0.3 is 0 Å². The number of aliphatic hydroxyl groups is 1. The highest BCUT2D eigenvalue weighted by Gasteiger charge is 2.50.